The average molecular weight is 622 g/mol. The third kappa shape index (κ3) is 7.48. The number of hydrogen-bond donors (Lipinski definition) is 3. The molecule has 2 heterocycles. The van der Waals surface area contributed by atoms with Crippen molar-refractivity contribution in [3.8, 4) is 5.75 Å². The van der Waals surface area contributed by atoms with E-state index in [0.29, 0.717) is 48.5 Å². The third-order valence-corrected chi connectivity index (χ3v) is 8.94. The number of ether oxygens (including phenoxy) is 2. The Bertz CT molecular complexity index is 1540. The topological polar surface area (TPSA) is 150 Å². The number of nitrogen functional groups attached to an aromatic ring is 1. The molecule has 2 aromatic rings. The molecule has 14 heteroatoms. The zero-order chi connectivity index (χ0) is 31.5. The molecular formula is C29H34F3N5O5S. The van der Waals surface area contributed by atoms with E-state index >= 15 is 0 Å². The summed E-state index contributed by atoms with van der Waals surface area (Å²) in [5.41, 5.74) is 5.62. The summed E-state index contributed by atoms with van der Waals surface area (Å²) in [6.45, 7) is 4.06. The molecule has 1 fully saturated rings. The van der Waals surface area contributed by atoms with Gasteiger partial charge in [-0.25, -0.2) is 8.42 Å². The van der Waals surface area contributed by atoms with Gasteiger partial charge in [-0.2, -0.15) is 13.2 Å². The lowest BCUT2D eigenvalue weighted by molar-refractivity contribution is -0.140. The number of sulfonamides is 1. The Labute approximate surface area is 248 Å². The van der Waals surface area contributed by atoms with Gasteiger partial charge in [-0.05, 0) is 49.6 Å². The van der Waals surface area contributed by atoms with Crippen molar-refractivity contribution in [2.24, 2.45) is 5.73 Å². The first-order valence-corrected chi connectivity index (χ1v) is 15.3. The smallest absolute Gasteiger partial charge is 0.420 e. The Hall–Kier alpha value is -4.07. The van der Waals surface area contributed by atoms with Gasteiger partial charge in [0.1, 0.15) is 17.7 Å². The number of piperidine rings is 1. The number of nitrogens with zero attached hydrogens (tertiary/aromatic N) is 2. The number of rotatable bonds is 9. The van der Waals surface area contributed by atoms with Gasteiger partial charge in [-0.15, -0.1) is 0 Å². The van der Waals surface area contributed by atoms with E-state index in [4.69, 9.17) is 26.0 Å². The molecule has 2 aliphatic heterocycles. The van der Waals surface area contributed by atoms with Crippen molar-refractivity contribution < 1.29 is 35.9 Å². The molecule has 0 aliphatic carbocycles. The molecule has 1 atom stereocenters. The molecule has 0 spiro atoms. The summed E-state index contributed by atoms with van der Waals surface area (Å²) >= 11 is 0. The molecule has 0 aromatic heterocycles. The van der Waals surface area contributed by atoms with Gasteiger partial charge >= 0.3 is 12.1 Å². The summed E-state index contributed by atoms with van der Waals surface area (Å²) in [4.78, 5) is 14.0. The summed E-state index contributed by atoms with van der Waals surface area (Å²) in [7, 11) is -4.47. The van der Waals surface area contributed by atoms with E-state index in [9.17, 15) is 26.4 Å². The minimum absolute atomic E-state index is 0.0280. The van der Waals surface area contributed by atoms with Crippen LogP contribution in [0, 0.1) is 10.8 Å². The largest absolute Gasteiger partial charge is 0.490 e. The Morgan fingerprint density at radius 3 is 2.47 bits per heavy atom. The molecule has 4 N–H and O–H groups in total. The summed E-state index contributed by atoms with van der Waals surface area (Å²) in [5, 5.41) is 15.4. The molecule has 2 aliphatic rings. The summed E-state index contributed by atoms with van der Waals surface area (Å²) in [6, 6.07) is 7.70. The number of nitrogens with two attached hydrogens (primary N) is 1. The van der Waals surface area contributed by atoms with Gasteiger partial charge in [-0.1, -0.05) is 30.4 Å². The third-order valence-electron chi connectivity index (χ3n) is 7.28. The van der Waals surface area contributed by atoms with Crippen LogP contribution >= 0.6 is 0 Å². The van der Waals surface area contributed by atoms with Gasteiger partial charge in [0.15, 0.2) is 5.75 Å². The van der Waals surface area contributed by atoms with Crippen LogP contribution in [-0.2, 0) is 32.2 Å². The van der Waals surface area contributed by atoms with E-state index in [0.717, 1.165) is 10.4 Å². The maximum atomic E-state index is 14.3. The zero-order valence-corrected chi connectivity index (χ0v) is 24.6. The number of amidine groups is 2. The van der Waals surface area contributed by atoms with Crippen LogP contribution in [-0.4, -0.2) is 68.6 Å². The highest BCUT2D eigenvalue weighted by Gasteiger charge is 2.43. The second kappa shape index (κ2) is 12.7. The molecule has 2 aromatic carbocycles. The first kappa shape index (κ1) is 31.9. The van der Waals surface area contributed by atoms with E-state index in [1.807, 2.05) is 4.90 Å². The number of likely N-dealkylation sites (tertiary alicyclic amines) is 1. The van der Waals surface area contributed by atoms with Crippen LogP contribution in [0.5, 0.6) is 5.75 Å². The Kier molecular flexibility index (Phi) is 9.38. The molecule has 0 amide bonds. The number of carbonyl (C=O) groups is 1. The number of anilines is 1. The van der Waals surface area contributed by atoms with Crippen LogP contribution in [0.3, 0.4) is 0 Å². The number of carbonyl (C=O) groups excluding carboxylic acids is 1. The molecule has 10 nitrogen and oxygen atoms in total. The fourth-order valence-corrected chi connectivity index (χ4v) is 6.78. The molecule has 232 valence electrons. The summed E-state index contributed by atoms with van der Waals surface area (Å²) in [6.07, 6.45) is -1.36. The normalized spacial score (nSPS) is 17.7. The molecular weight excluding hydrogens is 587 g/mol. The van der Waals surface area contributed by atoms with Gasteiger partial charge < -0.3 is 20.1 Å². The number of nitrogens with one attached hydrogen (secondary N) is 2. The predicted octanol–water partition coefficient (Wildman–Crippen LogP) is 4.17. The van der Waals surface area contributed by atoms with E-state index < -0.39 is 51.4 Å². The molecule has 43 heavy (non-hydrogen) atoms. The zero-order valence-electron chi connectivity index (χ0n) is 23.8. The number of esters is 1. The monoisotopic (exact) mass is 621 g/mol. The maximum absolute atomic E-state index is 14.3. The van der Waals surface area contributed by atoms with Crippen molar-refractivity contribution in [3.63, 3.8) is 0 Å². The van der Waals surface area contributed by atoms with Crippen molar-refractivity contribution in [1.29, 1.82) is 10.8 Å². The minimum atomic E-state index is -4.85. The fourth-order valence-electron chi connectivity index (χ4n) is 5.23. The molecule has 0 radical (unpaired) electrons. The van der Waals surface area contributed by atoms with Crippen molar-refractivity contribution in [2.75, 3.05) is 29.8 Å². The summed E-state index contributed by atoms with van der Waals surface area (Å²) < 4.78 is 81.6. The fraction of sp³-hybridized carbons (Fsp3) is 0.414. The van der Waals surface area contributed by atoms with E-state index in [1.54, 1.807) is 37.3 Å². The lowest BCUT2D eigenvalue weighted by atomic mass is 10.0. The highest BCUT2D eigenvalue weighted by Crippen LogP contribution is 2.45. The molecule has 4 rings (SSSR count). The van der Waals surface area contributed by atoms with E-state index in [2.05, 4.69) is 0 Å². The van der Waals surface area contributed by atoms with Gasteiger partial charge in [-0.3, -0.25) is 19.9 Å². The van der Waals surface area contributed by atoms with Crippen LogP contribution in [0.25, 0.3) is 6.08 Å². The van der Waals surface area contributed by atoms with Crippen molar-refractivity contribution in [2.45, 2.75) is 51.4 Å². The van der Waals surface area contributed by atoms with Gasteiger partial charge in [0.2, 0.25) is 10.0 Å². The number of hydrogen-bond acceptors (Lipinski definition) is 7. The van der Waals surface area contributed by atoms with Gasteiger partial charge in [0.05, 0.1) is 29.7 Å². The SMILES string of the molecule is CCOC(=O)CS(=O)(=O)N1c2cc(C(F)(F)F)c(OC3CCN(C(C)=N)CC3)cc2CC1/C=C/c1cccc(C(=N)N)c1. The highest BCUT2D eigenvalue weighted by atomic mass is 32.2. The highest BCUT2D eigenvalue weighted by molar-refractivity contribution is 7.93. The first-order chi connectivity index (χ1) is 20.2. The van der Waals surface area contributed by atoms with Crippen molar-refractivity contribution >= 4 is 39.4 Å². The van der Waals surface area contributed by atoms with Crippen molar-refractivity contribution in [3.05, 3.63) is 64.7 Å². The predicted molar refractivity (Wildman–Crippen MR) is 157 cm³/mol. The van der Waals surface area contributed by atoms with Crippen LogP contribution in [0.1, 0.15) is 48.9 Å². The molecule has 0 bridgehead atoms. The van der Waals surface area contributed by atoms with Crippen LogP contribution in [0.2, 0.25) is 0 Å². The lowest BCUT2D eigenvalue weighted by Crippen LogP contribution is -2.40. The molecule has 1 saturated heterocycles. The van der Waals surface area contributed by atoms with E-state index in [1.165, 1.54) is 19.1 Å². The number of alkyl halides is 3. The molecule has 0 saturated carbocycles. The lowest BCUT2D eigenvalue weighted by Gasteiger charge is -2.33. The summed E-state index contributed by atoms with van der Waals surface area (Å²) in [5.74, 6) is -2.24. The second-order valence-corrected chi connectivity index (χ2v) is 12.2. The van der Waals surface area contributed by atoms with Gasteiger partial charge in [0.25, 0.3) is 0 Å². The quantitative estimate of drug-likeness (QED) is 0.216. The Morgan fingerprint density at radius 2 is 1.86 bits per heavy atom. The van der Waals surface area contributed by atoms with Crippen LogP contribution in [0.4, 0.5) is 18.9 Å². The Morgan fingerprint density at radius 1 is 1.16 bits per heavy atom. The number of benzene rings is 2. The Balaban J connectivity index is 1.73. The minimum Gasteiger partial charge on any atom is -0.490 e. The first-order valence-electron chi connectivity index (χ1n) is 13.7. The number of halogens is 3. The van der Waals surface area contributed by atoms with Crippen LogP contribution < -0.4 is 14.8 Å². The van der Waals surface area contributed by atoms with Gasteiger partial charge in [0, 0.05) is 31.5 Å². The van der Waals surface area contributed by atoms with Crippen molar-refractivity contribution in [1.82, 2.24) is 4.90 Å². The van der Waals surface area contributed by atoms with Crippen LogP contribution in [0.15, 0.2) is 42.5 Å². The standard InChI is InChI=1S/C29H34F3N5O5S/c1-3-41-27(38)17-43(39,40)37-22(8-7-19-5-4-6-20(13-19)28(34)35)14-21-15-26(24(16-25(21)37)29(30,31)32)42-23-9-11-36(12-10-23)18(2)33/h4-8,13,15-16,22-23,33H,3,9-12,14,17H2,1-2H3,(H3,34,35)/b8-7+,33-18?. The van der Waals surface area contributed by atoms with E-state index in [-0.39, 0.29) is 24.6 Å². The number of fused-ring (bicyclic) bond motifs is 1. The maximum Gasteiger partial charge on any atom is 0.420 e. The average Bonchev–Trinajstić information content (AvgIpc) is 3.29. The molecule has 1 unspecified atom stereocenters. The second-order valence-electron chi connectivity index (χ2n) is 10.4.